The number of rotatable bonds is 6. The van der Waals surface area contributed by atoms with Crippen LogP contribution in [0.2, 0.25) is 0 Å². The van der Waals surface area contributed by atoms with Gasteiger partial charge in [0.05, 0.1) is 0 Å². The van der Waals surface area contributed by atoms with Gasteiger partial charge in [-0.15, -0.1) is 0 Å². The van der Waals surface area contributed by atoms with Gasteiger partial charge in [0.25, 0.3) is 5.56 Å². The molecule has 1 saturated heterocycles. The van der Waals surface area contributed by atoms with Crippen molar-refractivity contribution in [3.05, 3.63) is 58.4 Å². The van der Waals surface area contributed by atoms with Crippen LogP contribution < -0.4 is 5.56 Å². The molecule has 3 aliphatic rings. The molecule has 1 atom stereocenters. The molecule has 0 bridgehead atoms. The van der Waals surface area contributed by atoms with Gasteiger partial charge in [-0.25, -0.2) is 0 Å². The van der Waals surface area contributed by atoms with Gasteiger partial charge in [0.1, 0.15) is 0 Å². The largest absolute Gasteiger partial charge is 0.339 e. The van der Waals surface area contributed by atoms with E-state index in [9.17, 15) is 9.59 Å². The maximum Gasteiger partial charge on any atom is 0.252 e. The fourth-order valence-corrected chi connectivity index (χ4v) is 6.91. The molecule has 1 amide bonds. The molecule has 0 unspecified atom stereocenters. The standard InChI is InChI=1S/C30H41N3O2/c1-23(20-24-10-4-2-5-11-24)29(35)32-18-19-33(30(22-32)16-8-9-17-30)21-26-14-15-27(31-28(26)34)25-12-6-3-7-13-25/h3,6-7,12-15,23-24H,2,4-5,8-11,16-22H2,1H3,(H,31,34)/t23-/m1/s1. The van der Waals surface area contributed by atoms with Crippen LogP contribution in [0.25, 0.3) is 11.3 Å². The number of amides is 1. The molecule has 1 spiro atoms. The molecular formula is C30H41N3O2. The van der Waals surface area contributed by atoms with Crippen LogP contribution in [0.1, 0.15) is 76.7 Å². The Balaban J connectivity index is 1.26. The summed E-state index contributed by atoms with van der Waals surface area (Å²) in [4.78, 5) is 34.2. The van der Waals surface area contributed by atoms with Crippen molar-refractivity contribution < 1.29 is 4.79 Å². The van der Waals surface area contributed by atoms with Crippen molar-refractivity contribution >= 4 is 5.91 Å². The van der Waals surface area contributed by atoms with Gasteiger partial charge in [-0.1, -0.05) is 88.3 Å². The van der Waals surface area contributed by atoms with Crippen molar-refractivity contribution in [2.45, 2.75) is 83.2 Å². The van der Waals surface area contributed by atoms with Crippen molar-refractivity contribution in [1.29, 1.82) is 0 Å². The highest BCUT2D eigenvalue weighted by atomic mass is 16.2. The Morgan fingerprint density at radius 2 is 1.74 bits per heavy atom. The molecule has 5 heteroatoms. The van der Waals surface area contributed by atoms with E-state index in [-0.39, 0.29) is 17.0 Å². The van der Waals surface area contributed by atoms with Crippen molar-refractivity contribution in [2.75, 3.05) is 19.6 Å². The van der Waals surface area contributed by atoms with Gasteiger partial charge < -0.3 is 9.88 Å². The molecule has 188 valence electrons. The molecule has 5 nitrogen and oxygen atoms in total. The lowest BCUT2D eigenvalue weighted by atomic mass is 9.82. The SMILES string of the molecule is C[C@H](CC1CCCCC1)C(=O)N1CCN(Cc2ccc(-c3ccccc3)[nH]c2=O)C2(CCCC2)C1. The van der Waals surface area contributed by atoms with E-state index in [4.69, 9.17) is 0 Å². The monoisotopic (exact) mass is 475 g/mol. The van der Waals surface area contributed by atoms with E-state index in [1.807, 2.05) is 42.5 Å². The molecule has 35 heavy (non-hydrogen) atoms. The van der Waals surface area contributed by atoms with Crippen molar-refractivity contribution in [1.82, 2.24) is 14.8 Å². The lowest BCUT2D eigenvalue weighted by Gasteiger charge is -2.50. The van der Waals surface area contributed by atoms with Gasteiger partial charge >= 0.3 is 0 Å². The van der Waals surface area contributed by atoms with E-state index in [1.165, 1.54) is 44.9 Å². The number of aromatic nitrogens is 1. The average molecular weight is 476 g/mol. The second kappa shape index (κ2) is 10.7. The van der Waals surface area contributed by atoms with Crippen LogP contribution in [0, 0.1) is 11.8 Å². The van der Waals surface area contributed by atoms with Gasteiger partial charge in [-0.05, 0) is 36.8 Å². The molecule has 1 aromatic heterocycles. The number of nitrogens with one attached hydrogen (secondary N) is 1. The highest BCUT2D eigenvalue weighted by Gasteiger charge is 2.45. The maximum atomic E-state index is 13.5. The summed E-state index contributed by atoms with van der Waals surface area (Å²) < 4.78 is 0. The summed E-state index contributed by atoms with van der Waals surface area (Å²) in [7, 11) is 0. The minimum absolute atomic E-state index is 0.000824. The van der Waals surface area contributed by atoms with Crippen LogP contribution in [0.3, 0.4) is 0 Å². The second-order valence-corrected chi connectivity index (χ2v) is 11.3. The second-order valence-electron chi connectivity index (χ2n) is 11.3. The Morgan fingerprint density at radius 1 is 1.00 bits per heavy atom. The third kappa shape index (κ3) is 5.40. The highest BCUT2D eigenvalue weighted by Crippen LogP contribution is 2.39. The summed E-state index contributed by atoms with van der Waals surface area (Å²) in [6.07, 6.45) is 12.3. The maximum absolute atomic E-state index is 13.5. The first kappa shape index (κ1) is 24.3. The molecule has 1 N–H and O–H groups in total. The Kier molecular flexibility index (Phi) is 7.43. The normalized spacial score (nSPS) is 21.9. The molecule has 5 rings (SSSR count). The average Bonchev–Trinajstić information content (AvgIpc) is 3.35. The van der Waals surface area contributed by atoms with E-state index in [0.717, 1.165) is 61.6 Å². The van der Waals surface area contributed by atoms with Crippen molar-refractivity contribution in [2.24, 2.45) is 11.8 Å². The van der Waals surface area contributed by atoms with Gasteiger partial charge in [-0.2, -0.15) is 0 Å². The van der Waals surface area contributed by atoms with Crippen LogP contribution in [-0.4, -0.2) is 45.9 Å². The zero-order chi connectivity index (χ0) is 24.3. The number of piperazine rings is 1. The lowest BCUT2D eigenvalue weighted by molar-refractivity contribution is -0.141. The van der Waals surface area contributed by atoms with Gasteiger partial charge in [0, 0.05) is 48.9 Å². The summed E-state index contributed by atoms with van der Waals surface area (Å²) >= 11 is 0. The minimum atomic E-state index is -0.000824. The van der Waals surface area contributed by atoms with Crippen molar-refractivity contribution in [3.8, 4) is 11.3 Å². The van der Waals surface area contributed by atoms with E-state index in [1.54, 1.807) is 0 Å². The number of nitrogens with zero attached hydrogens (tertiary/aromatic N) is 2. The van der Waals surface area contributed by atoms with Gasteiger partial charge in [0.15, 0.2) is 0 Å². The molecule has 2 saturated carbocycles. The van der Waals surface area contributed by atoms with Gasteiger partial charge in [-0.3, -0.25) is 14.5 Å². The van der Waals surface area contributed by atoms with Crippen LogP contribution in [-0.2, 0) is 11.3 Å². The summed E-state index contributed by atoms with van der Waals surface area (Å²) in [5, 5.41) is 0. The Labute approximate surface area is 209 Å². The minimum Gasteiger partial charge on any atom is -0.339 e. The molecule has 1 aromatic carbocycles. The van der Waals surface area contributed by atoms with Crippen LogP contribution in [0.5, 0.6) is 0 Å². The van der Waals surface area contributed by atoms with Crippen LogP contribution in [0.15, 0.2) is 47.3 Å². The number of aromatic amines is 1. The molecule has 2 aliphatic carbocycles. The number of pyridine rings is 1. The fourth-order valence-electron chi connectivity index (χ4n) is 6.91. The smallest absolute Gasteiger partial charge is 0.252 e. The molecule has 0 radical (unpaired) electrons. The van der Waals surface area contributed by atoms with E-state index < -0.39 is 0 Å². The van der Waals surface area contributed by atoms with E-state index in [0.29, 0.717) is 12.5 Å². The summed E-state index contributed by atoms with van der Waals surface area (Å²) in [6.45, 7) is 5.25. The summed E-state index contributed by atoms with van der Waals surface area (Å²) in [6, 6.07) is 14.0. The first-order chi connectivity index (χ1) is 17.0. The number of H-pyrrole nitrogens is 1. The quantitative estimate of drug-likeness (QED) is 0.591. The number of hydrogen-bond donors (Lipinski definition) is 1. The molecule has 2 aromatic rings. The molecule has 1 aliphatic heterocycles. The van der Waals surface area contributed by atoms with Crippen LogP contribution in [0.4, 0.5) is 0 Å². The Hall–Kier alpha value is -2.40. The zero-order valence-corrected chi connectivity index (χ0v) is 21.3. The third-order valence-corrected chi connectivity index (χ3v) is 8.91. The summed E-state index contributed by atoms with van der Waals surface area (Å²) in [5.74, 6) is 1.21. The van der Waals surface area contributed by atoms with Crippen LogP contribution >= 0.6 is 0 Å². The molecule has 2 heterocycles. The molecular weight excluding hydrogens is 434 g/mol. The third-order valence-electron chi connectivity index (χ3n) is 8.91. The fraction of sp³-hybridized carbons (Fsp3) is 0.600. The van der Waals surface area contributed by atoms with Crippen molar-refractivity contribution in [3.63, 3.8) is 0 Å². The number of hydrogen-bond acceptors (Lipinski definition) is 3. The number of carbonyl (C=O) groups excluding carboxylic acids is 1. The topological polar surface area (TPSA) is 56.4 Å². The Morgan fingerprint density at radius 3 is 2.46 bits per heavy atom. The first-order valence-electron chi connectivity index (χ1n) is 13.9. The van der Waals surface area contributed by atoms with E-state index in [2.05, 4.69) is 21.7 Å². The predicted molar refractivity (Wildman–Crippen MR) is 141 cm³/mol. The number of benzene rings is 1. The van der Waals surface area contributed by atoms with Gasteiger partial charge in [0.2, 0.25) is 5.91 Å². The predicted octanol–water partition coefficient (Wildman–Crippen LogP) is 5.61. The molecule has 3 fully saturated rings. The number of carbonyl (C=O) groups is 1. The first-order valence-corrected chi connectivity index (χ1v) is 13.9. The highest BCUT2D eigenvalue weighted by molar-refractivity contribution is 5.78. The zero-order valence-electron chi connectivity index (χ0n) is 21.3. The summed E-state index contributed by atoms with van der Waals surface area (Å²) in [5.41, 5.74) is 2.72. The lowest BCUT2D eigenvalue weighted by Crippen LogP contribution is -2.62. The Bertz CT molecular complexity index is 1050. The van der Waals surface area contributed by atoms with E-state index >= 15 is 0 Å².